The minimum absolute atomic E-state index is 0.0229. The summed E-state index contributed by atoms with van der Waals surface area (Å²) >= 11 is 0. The number of methoxy groups -OCH3 is 2. The second kappa shape index (κ2) is 10.6. The molecule has 1 unspecified atom stereocenters. The summed E-state index contributed by atoms with van der Waals surface area (Å²) in [6.45, 7) is 0.766. The van der Waals surface area contributed by atoms with Crippen LogP contribution in [0.5, 0.6) is 5.75 Å². The molecule has 0 spiro atoms. The zero-order chi connectivity index (χ0) is 23.1. The normalized spacial score (nSPS) is 15.3. The Kier molecular flexibility index (Phi) is 7.67. The van der Waals surface area contributed by atoms with Crippen molar-refractivity contribution < 1.29 is 33.3 Å². The topological polar surface area (TPSA) is 117 Å². The van der Waals surface area contributed by atoms with E-state index in [1.54, 1.807) is 18.2 Å². The summed E-state index contributed by atoms with van der Waals surface area (Å²) in [6, 6.07) is 12.5. The molecule has 170 valence electrons. The number of esters is 2. The van der Waals surface area contributed by atoms with Crippen molar-refractivity contribution in [1.82, 2.24) is 0 Å². The predicted molar refractivity (Wildman–Crippen MR) is 115 cm³/mol. The molecule has 2 N–H and O–H groups in total. The van der Waals surface area contributed by atoms with Crippen molar-refractivity contribution in [2.24, 2.45) is 5.73 Å². The molecule has 0 bridgehead atoms. The van der Waals surface area contributed by atoms with Gasteiger partial charge in [0.25, 0.3) is 0 Å². The quantitative estimate of drug-likeness (QED) is 0.463. The highest BCUT2D eigenvalue weighted by molar-refractivity contribution is 5.89. The van der Waals surface area contributed by atoms with E-state index >= 15 is 0 Å². The summed E-state index contributed by atoms with van der Waals surface area (Å²) in [5.41, 5.74) is 8.41. The van der Waals surface area contributed by atoms with Gasteiger partial charge in [-0.2, -0.15) is 0 Å². The van der Waals surface area contributed by atoms with Crippen LogP contribution in [0.4, 0.5) is 10.5 Å². The first-order chi connectivity index (χ1) is 15.4. The van der Waals surface area contributed by atoms with Crippen molar-refractivity contribution >= 4 is 23.7 Å². The number of cyclic esters (lactones) is 1. The molecule has 1 saturated heterocycles. The van der Waals surface area contributed by atoms with Gasteiger partial charge >= 0.3 is 18.0 Å². The Labute approximate surface area is 186 Å². The van der Waals surface area contributed by atoms with E-state index in [0.29, 0.717) is 35.7 Å². The molecule has 1 amide bonds. The molecule has 0 saturated carbocycles. The largest absolute Gasteiger partial charge is 0.489 e. The average Bonchev–Trinajstić information content (AvgIpc) is 3.18. The molecule has 0 aromatic heterocycles. The van der Waals surface area contributed by atoms with Gasteiger partial charge in [-0.3, -0.25) is 14.5 Å². The van der Waals surface area contributed by atoms with Crippen molar-refractivity contribution in [3.8, 4) is 5.75 Å². The van der Waals surface area contributed by atoms with E-state index in [2.05, 4.69) is 0 Å². The molecule has 9 heteroatoms. The number of ether oxygens (including phenoxy) is 4. The van der Waals surface area contributed by atoms with Crippen LogP contribution in [0.15, 0.2) is 42.5 Å². The zero-order valence-electron chi connectivity index (χ0n) is 18.0. The van der Waals surface area contributed by atoms with Crippen LogP contribution >= 0.6 is 0 Å². The maximum atomic E-state index is 12.4. The number of carbonyl (C=O) groups is 3. The molecule has 1 fully saturated rings. The van der Waals surface area contributed by atoms with Crippen LogP contribution in [0.1, 0.15) is 16.7 Å². The molecular formula is C23H26N2O7. The summed E-state index contributed by atoms with van der Waals surface area (Å²) in [4.78, 5) is 37.5. The van der Waals surface area contributed by atoms with E-state index in [1.165, 1.54) is 19.1 Å². The first-order valence-electron chi connectivity index (χ1n) is 10.1. The Morgan fingerprint density at radius 3 is 2.16 bits per heavy atom. The van der Waals surface area contributed by atoms with E-state index in [4.69, 9.17) is 24.7 Å². The molecular weight excluding hydrogens is 416 g/mol. The number of nitrogens with zero attached hydrogens (tertiary/aromatic N) is 1. The predicted octanol–water partition coefficient (Wildman–Crippen LogP) is 1.98. The fraction of sp³-hybridized carbons (Fsp3) is 0.348. The molecule has 1 aliphatic rings. The van der Waals surface area contributed by atoms with Crippen LogP contribution in [0, 0.1) is 0 Å². The van der Waals surface area contributed by atoms with Gasteiger partial charge in [0.05, 0.1) is 33.6 Å². The van der Waals surface area contributed by atoms with Gasteiger partial charge in [0, 0.05) is 23.4 Å². The van der Waals surface area contributed by atoms with Gasteiger partial charge in [-0.1, -0.05) is 30.3 Å². The van der Waals surface area contributed by atoms with E-state index in [-0.39, 0.29) is 19.4 Å². The fourth-order valence-corrected chi connectivity index (χ4v) is 3.36. The first kappa shape index (κ1) is 23.1. The minimum Gasteiger partial charge on any atom is -0.489 e. The number of amides is 1. The molecule has 1 atom stereocenters. The highest BCUT2D eigenvalue weighted by Crippen LogP contribution is 2.28. The number of rotatable bonds is 9. The van der Waals surface area contributed by atoms with Crippen LogP contribution < -0.4 is 15.4 Å². The number of hydrogen-bond donors (Lipinski definition) is 1. The SMILES string of the molecule is COC(=O)Cc1cccc(CC(=O)OC)c1OCC1CN(c2ccc(CN)cc2)C(=O)O1. The summed E-state index contributed by atoms with van der Waals surface area (Å²) in [6.07, 6.45) is -1.05. The highest BCUT2D eigenvalue weighted by Gasteiger charge is 2.33. The Balaban J connectivity index is 1.74. The smallest absolute Gasteiger partial charge is 0.414 e. The fourth-order valence-electron chi connectivity index (χ4n) is 3.36. The van der Waals surface area contributed by atoms with Crippen LogP contribution in [0.2, 0.25) is 0 Å². The Hall–Kier alpha value is -3.59. The molecule has 32 heavy (non-hydrogen) atoms. The van der Waals surface area contributed by atoms with Gasteiger partial charge in [0.1, 0.15) is 12.4 Å². The van der Waals surface area contributed by atoms with Gasteiger partial charge < -0.3 is 24.7 Å². The Bertz CT molecular complexity index is 939. The minimum atomic E-state index is -0.533. The third kappa shape index (κ3) is 5.55. The molecule has 0 radical (unpaired) electrons. The lowest BCUT2D eigenvalue weighted by molar-refractivity contribution is -0.140. The summed E-state index contributed by atoms with van der Waals surface area (Å²) in [7, 11) is 2.60. The van der Waals surface area contributed by atoms with Crippen LogP contribution in [-0.2, 0) is 43.2 Å². The number of anilines is 1. The van der Waals surface area contributed by atoms with Crippen molar-refractivity contribution in [2.75, 3.05) is 32.3 Å². The molecule has 1 aliphatic heterocycles. The van der Waals surface area contributed by atoms with Gasteiger partial charge in [0.15, 0.2) is 6.10 Å². The van der Waals surface area contributed by atoms with Crippen LogP contribution in [-0.4, -0.2) is 51.5 Å². The van der Waals surface area contributed by atoms with Crippen molar-refractivity contribution in [1.29, 1.82) is 0 Å². The van der Waals surface area contributed by atoms with Gasteiger partial charge in [-0.25, -0.2) is 4.79 Å². The average molecular weight is 442 g/mol. The molecule has 0 aliphatic carbocycles. The second-order valence-electron chi connectivity index (χ2n) is 7.21. The number of para-hydroxylation sites is 1. The van der Waals surface area contributed by atoms with Crippen molar-refractivity contribution in [3.63, 3.8) is 0 Å². The Morgan fingerprint density at radius 1 is 1.03 bits per heavy atom. The lowest BCUT2D eigenvalue weighted by atomic mass is 10.0. The van der Waals surface area contributed by atoms with Crippen molar-refractivity contribution in [3.05, 3.63) is 59.2 Å². The third-order valence-corrected chi connectivity index (χ3v) is 5.07. The zero-order valence-corrected chi connectivity index (χ0v) is 18.0. The van der Waals surface area contributed by atoms with Gasteiger partial charge in [0.2, 0.25) is 0 Å². The summed E-state index contributed by atoms with van der Waals surface area (Å²) in [5, 5.41) is 0. The van der Waals surface area contributed by atoms with Gasteiger partial charge in [-0.05, 0) is 17.7 Å². The number of hydrogen-bond acceptors (Lipinski definition) is 8. The third-order valence-electron chi connectivity index (χ3n) is 5.07. The molecule has 3 rings (SSSR count). The highest BCUT2D eigenvalue weighted by atomic mass is 16.6. The first-order valence-corrected chi connectivity index (χ1v) is 10.1. The molecule has 2 aromatic carbocycles. The Morgan fingerprint density at radius 2 is 1.62 bits per heavy atom. The van der Waals surface area contributed by atoms with E-state index < -0.39 is 24.1 Å². The summed E-state index contributed by atoms with van der Waals surface area (Å²) in [5.74, 6) is -0.501. The standard InChI is InChI=1S/C23H26N2O7/c1-29-20(26)10-16-4-3-5-17(11-21(27)30-2)22(16)31-14-19-13-25(23(28)32-19)18-8-6-15(12-24)7-9-18/h3-9,19H,10-14,24H2,1-2H3. The van der Waals surface area contributed by atoms with E-state index in [9.17, 15) is 14.4 Å². The second-order valence-corrected chi connectivity index (χ2v) is 7.21. The van der Waals surface area contributed by atoms with Crippen LogP contribution in [0.25, 0.3) is 0 Å². The van der Waals surface area contributed by atoms with E-state index in [1.807, 2.05) is 24.3 Å². The van der Waals surface area contributed by atoms with Crippen LogP contribution in [0.3, 0.4) is 0 Å². The molecule has 1 heterocycles. The maximum Gasteiger partial charge on any atom is 0.414 e. The van der Waals surface area contributed by atoms with Gasteiger partial charge in [-0.15, -0.1) is 0 Å². The lowest BCUT2D eigenvalue weighted by Crippen LogP contribution is -2.27. The number of benzene rings is 2. The number of carbonyl (C=O) groups excluding carboxylic acids is 3. The molecule has 2 aromatic rings. The molecule has 9 nitrogen and oxygen atoms in total. The van der Waals surface area contributed by atoms with Crippen molar-refractivity contribution in [2.45, 2.75) is 25.5 Å². The van der Waals surface area contributed by atoms with E-state index in [0.717, 1.165) is 5.56 Å². The maximum absolute atomic E-state index is 12.4. The summed E-state index contributed by atoms with van der Waals surface area (Å²) < 4.78 is 20.9. The number of nitrogens with two attached hydrogens (primary N) is 1. The lowest BCUT2D eigenvalue weighted by Gasteiger charge is -2.17. The monoisotopic (exact) mass is 442 g/mol.